The molecule has 0 spiro atoms. The fourth-order valence-electron chi connectivity index (χ4n) is 4.30. The molecule has 27 heavy (non-hydrogen) atoms. The topological polar surface area (TPSA) is 54.5 Å². The first-order chi connectivity index (χ1) is 12.5. The number of carbonyl (C=O) groups is 1. The van der Waals surface area contributed by atoms with Gasteiger partial charge in [0.2, 0.25) is 5.91 Å². The van der Waals surface area contributed by atoms with Gasteiger partial charge in [-0.05, 0) is 44.1 Å². The van der Waals surface area contributed by atoms with Gasteiger partial charge in [0.1, 0.15) is 0 Å². The first kappa shape index (κ1) is 20.1. The Kier molecular flexibility index (Phi) is 5.28. The van der Waals surface area contributed by atoms with Gasteiger partial charge in [-0.25, -0.2) is 8.42 Å². The van der Waals surface area contributed by atoms with Gasteiger partial charge in [-0.1, -0.05) is 55.3 Å². The van der Waals surface area contributed by atoms with Crippen LogP contribution in [0.5, 0.6) is 0 Å². The SMILES string of the molecule is CC(C)=C[C@@H]1[C@@H](C(=O)N(Cc2ccc(C)cc2)[C@H]2CCS(=O)(=O)C2)C1(C)C. The number of sulfone groups is 1. The van der Waals surface area contributed by atoms with E-state index in [0.29, 0.717) is 13.0 Å². The zero-order valence-electron chi connectivity index (χ0n) is 17.0. The third-order valence-corrected chi connectivity index (χ3v) is 7.85. The molecule has 1 aromatic rings. The smallest absolute Gasteiger partial charge is 0.227 e. The Balaban J connectivity index is 1.86. The summed E-state index contributed by atoms with van der Waals surface area (Å²) < 4.78 is 24.1. The maximum atomic E-state index is 13.5. The van der Waals surface area contributed by atoms with E-state index < -0.39 is 9.84 Å². The van der Waals surface area contributed by atoms with Crippen molar-refractivity contribution in [1.29, 1.82) is 0 Å². The molecule has 0 N–H and O–H groups in total. The highest BCUT2D eigenvalue weighted by molar-refractivity contribution is 7.91. The molecule has 1 aliphatic heterocycles. The van der Waals surface area contributed by atoms with Gasteiger partial charge in [0.05, 0.1) is 17.4 Å². The Hall–Kier alpha value is -1.62. The maximum Gasteiger partial charge on any atom is 0.227 e. The number of amides is 1. The first-order valence-electron chi connectivity index (χ1n) is 9.73. The van der Waals surface area contributed by atoms with Gasteiger partial charge in [0.25, 0.3) is 0 Å². The van der Waals surface area contributed by atoms with Gasteiger partial charge in [0.15, 0.2) is 9.84 Å². The predicted molar refractivity (Wildman–Crippen MR) is 109 cm³/mol. The van der Waals surface area contributed by atoms with Gasteiger partial charge in [-0.3, -0.25) is 4.79 Å². The molecule has 0 bridgehead atoms. The molecule has 3 rings (SSSR count). The number of carbonyl (C=O) groups excluding carboxylic acids is 1. The molecule has 1 saturated carbocycles. The van der Waals surface area contributed by atoms with Crippen molar-refractivity contribution in [3.05, 3.63) is 47.0 Å². The van der Waals surface area contributed by atoms with Crippen molar-refractivity contribution in [1.82, 2.24) is 4.90 Å². The Labute approximate surface area is 163 Å². The van der Waals surface area contributed by atoms with Crippen molar-refractivity contribution < 1.29 is 13.2 Å². The molecule has 2 aliphatic rings. The number of allylic oxidation sites excluding steroid dienone is 2. The molecule has 3 atom stereocenters. The van der Waals surface area contributed by atoms with E-state index in [0.717, 1.165) is 5.56 Å². The van der Waals surface area contributed by atoms with Gasteiger partial charge in [-0.15, -0.1) is 0 Å². The van der Waals surface area contributed by atoms with Crippen LogP contribution in [0.3, 0.4) is 0 Å². The van der Waals surface area contributed by atoms with Crippen molar-refractivity contribution in [3.8, 4) is 0 Å². The Bertz CT molecular complexity index is 848. The lowest BCUT2D eigenvalue weighted by atomic mass is 10.1. The molecule has 148 valence electrons. The van der Waals surface area contributed by atoms with Crippen molar-refractivity contribution in [2.75, 3.05) is 11.5 Å². The molecule has 1 heterocycles. The number of aryl methyl sites for hydroxylation is 1. The summed E-state index contributed by atoms with van der Waals surface area (Å²) in [6.45, 7) is 10.9. The highest BCUT2D eigenvalue weighted by Gasteiger charge is 2.61. The van der Waals surface area contributed by atoms with Gasteiger partial charge < -0.3 is 4.90 Å². The Morgan fingerprint density at radius 2 is 1.85 bits per heavy atom. The van der Waals surface area contributed by atoms with Gasteiger partial charge >= 0.3 is 0 Å². The lowest BCUT2D eigenvalue weighted by Crippen LogP contribution is -2.42. The van der Waals surface area contributed by atoms with Gasteiger partial charge in [0, 0.05) is 12.6 Å². The van der Waals surface area contributed by atoms with Gasteiger partial charge in [-0.2, -0.15) is 0 Å². The highest BCUT2D eigenvalue weighted by Crippen LogP contribution is 2.60. The van der Waals surface area contributed by atoms with E-state index in [1.807, 2.05) is 36.1 Å². The van der Waals surface area contributed by atoms with Crippen molar-refractivity contribution in [2.24, 2.45) is 17.3 Å². The summed E-state index contributed by atoms with van der Waals surface area (Å²) in [4.78, 5) is 15.3. The minimum Gasteiger partial charge on any atom is -0.334 e. The second kappa shape index (κ2) is 7.08. The summed E-state index contributed by atoms with van der Waals surface area (Å²) in [7, 11) is -3.05. The largest absolute Gasteiger partial charge is 0.334 e. The lowest BCUT2D eigenvalue weighted by molar-refractivity contribution is -0.136. The first-order valence-corrected chi connectivity index (χ1v) is 11.5. The van der Waals surface area contributed by atoms with Crippen LogP contribution in [0, 0.1) is 24.2 Å². The third-order valence-electron chi connectivity index (χ3n) is 6.10. The van der Waals surface area contributed by atoms with Crippen LogP contribution in [-0.2, 0) is 21.2 Å². The van der Waals surface area contributed by atoms with Crippen LogP contribution >= 0.6 is 0 Å². The van der Waals surface area contributed by atoms with Crippen LogP contribution in [0.15, 0.2) is 35.9 Å². The minimum absolute atomic E-state index is 0.0684. The zero-order chi connectivity index (χ0) is 20.0. The average Bonchev–Trinajstić information content (AvgIpc) is 2.90. The molecule has 5 heteroatoms. The maximum absolute atomic E-state index is 13.5. The molecular weight excluding hydrogens is 358 g/mol. The predicted octanol–water partition coefficient (Wildman–Crippen LogP) is 3.75. The van der Waals surface area contributed by atoms with Crippen molar-refractivity contribution in [3.63, 3.8) is 0 Å². The summed E-state index contributed by atoms with van der Waals surface area (Å²) in [6, 6.07) is 7.93. The number of rotatable bonds is 5. The number of hydrogen-bond acceptors (Lipinski definition) is 3. The fraction of sp³-hybridized carbons (Fsp3) is 0.591. The summed E-state index contributed by atoms with van der Waals surface area (Å²) in [5.41, 5.74) is 3.37. The van der Waals surface area contributed by atoms with E-state index in [1.165, 1.54) is 11.1 Å². The van der Waals surface area contributed by atoms with E-state index >= 15 is 0 Å². The molecule has 0 aromatic heterocycles. The molecular formula is C22H31NO3S. The molecule has 1 aromatic carbocycles. The second-order valence-corrected chi connectivity index (χ2v) is 11.3. The normalized spacial score (nSPS) is 27.8. The Morgan fingerprint density at radius 3 is 2.37 bits per heavy atom. The van der Waals surface area contributed by atoms with E-state index in [1.54, 1.807) is 0 Å². The summed E-state index contributed by atoms with van der Waals surface area (Å²) in [5.74, 6) is 0.533. The lowest BCUT2D eigenvalue weighted by Gasteiger charge is -2.29. The van der Waals surface area contributed by atoms with Crippen molar-refractivity contribution in [2.45, 2.75) is 53.6 Å². The van der Waals surface area contributed by atoms with E-state index in [2.05, 4.69) is 33.8 Å². The quantitative estimate of drug-likeness (QED) is 0.721. The van der Waals surface area contributed by atoms with E-state index in [4.69, 9.17) is 0 Å². The van der Waals surface area contributed by atoms with Crippen LogP contribution in [0.4, 0.5) is 0 Å². The van der Waals surface area contributed by atoms with Crippen LogP contribution < -0.4 is 0 Å². The molecule has 0 unspecified atom stereocenters. The molecule has 2 fully saturated rings. The molecule has 1 aliphatic carbocycles. The third kappa shape index (κ3) is 4.29. The van der Waals surface area contributed by atoms with Crippen LogP contribution in [0.1, 0.15) is 45.2 Å². The summed E-state index contributed by atoms with van der Waals surface area (Å²) in [5, 5.41) is 0. The zero-order valence-corrected chi connectivity index (χ0v) is 17.8. The molecule has 1 amide bonds. The molecule has 4 nitrogen and oxygen atoms in total. The van der Waals surface area contributed by atoms with Crippen LogP contribution in [0.25, 0.3) is 0 Å². The second-order valence-electron chi connectivity index (χ2n) is 9.08. The fourth-order valence-corrected chi connectivity index (χ4v) is 6.03. The number of hydrogen-bond donors (Lipinski definition) is 0. The summed E-state index contributed by atoms with van der Waals surface area (Å²) in [6.07, 6.45) is 2.73. The Morgan fingerprint density at radius 1 is 1.22 bits per heavy atom. The average molecular weight is 390 g/mol. The molecule has 1 saturated heterocycles. The van der Waals surface area contributed by atoms with Crippen LogP contribution in [-0.4, -0.2) is 36.8 Å². The van der Waals surface area contributed by atoms with Crippen LogP contribution in [0.2, 0.25) is 0 Å². The monoisotopic (exact) mass is 389 g/mol. The number of nitrogens with zero attached hydrogens (tertiary/aromatic N) is 1. The minimum atomic E-state index is -3.05. The van der Waals surface area contributed by atoms with E-state index in [-0.39, 0.29) is 40.7 Å². The standard InChI is InChI=1S/C22H31NO3S/c1-15(2)12-19-20(22(19,4)5)21(24)23(18-10-11-27(25,26)14-18)13-17-8-6-16(3)7-9-17/h6-9,12,18-20H,10-11,13-14H2,1-5H3/t18-,19+,20-/m0/s1. The van der Waals surface area contributed by atoms with Crippen molar-refractivity contribution >= 4 is 15.7 Å². The number of benzene rings is 1. The highest BCUT2D eigenvalue weighted by atomic mass is 32.2. The molecule has 0 radical (unpaired) electrons. The van der Waals surface area contributed by atoms with E-state index in [9.17, 15) is 13.2 Å². The summed E-state index contributed by atoms with van der Waals surface area (Å²) >= 11 is 0.